The minimum atomic E-state index is -0.531. The SMILES string of the molecule is CCC1C(=O)NC(n2nc(C)cc2NC(=O)c2cnccn2)NC1C. The lowest BCUT2D eigenvalue weighted by Gasteiger charge is -2.35. The molecule has 0 saturated carbocycles. The number of carbonyl (C=O) groups is 2. The molecule has 2 aromatic heterocycles. The lowest BCUT2D eigenvalue weighted by Crippen LogP contribution is -2.57. The van der Waals surface area contributed by atoms with Gasteiger partial charge in [-0.3, -0.25) is 19.9 Å². The summed E-state index contributed by atoms with van der Waals surface area (Å²) >= 11 is 0. The van der Waals surface area contributed by atoms with Crippen LogP contribution in [0.4, 0.5) is 5.82 Å². The van der Waals surface area contributed by atoms with E-state index in [1.807, 2.05) is 20.8 Å². The van der Waals surface area contributed by atoms with Gasteiger partial charge in [0, 0.05) is 24.5 Å². The fourth-order valence-electron chi connectivity index (χ4n) is 2.95. The molecule has 1 aliphatic rings. The molecule has 2 amide bonds. The molecule has 0 aliphatic carbocycles. The zero-order valence-electron chi connectivity index (χ0n) is 14.4. The molecule has 3 rings (SSSR count). The van der Waals surface area contributed by atoms with Gasteiger partial charge in [-0.15, -0.1) is 0 Å². The molecule has 0 radical (unpaired) electrons. The topological polar surface area (TPSA) is 114 Å². The van der Waals surface area contributed by atoms with E-state index >= 15 is 0 Å². The Morgan fingerprint density at radius 3 is 2.84 bits per heavy atom. The maximum atomic E-state index is 12.3. The molecule has 3 heterocycles. The van der Waals surface area contributed by atoms with Crippen molar-refractivity contribution >= 4 is 17.6 Å². The maximum absolute atomic E-state index is 12.3. The first-order chi connectivity index (χ1) is 12.0. The monoisotopic (exact) mass is 343 g/mol. The molecule has 1 aliphatic heterocycles. The highest BCUT2D eigenvalue weighted by Crippen LogP contribution is 2.21. The number of nitrogens with zero attached hydrogens (tertiary/aromatic N) is 4. The van der Waals surface area contributed by atoms with Gasteiger partial charge in [-0.2, -0.15) is 5.10 Å². The van der Waals surface area contributed by atoms with Crippen LogP contribution < -0.4 is 16.0 Å². The van der Waals surface area contributed by atoms with Crippen molar-refractivity contribution in [3.05, 3.63) is 36.0 Å². The summed E-state index contributed by atoms with van der Waals surface area (Å²) in [5.74, 6) is -0.0485. The predicted molar refractivity (Wildman–Crippen MR) is 90.5 cm³/mol. The van der Waals surface area contributed by atoms with Crippen molar-refractivity contribution in [1.29, 1.82) is 0 Å². The molecule has 25 heavy (non-hydrogen) atoms. The van der Waals surface area contributed by atoms with Crippen LogP contribution in [-0.4, -0.2) is 37.6 Å². The molecule has 0 aromatic carbocycles. The van der Waals surface area contributed by atoms with Gasteiger partial charge >= 0.3 is 0 Å². The summed E-state index contributed by atoms with van der Waals surface area (Å²) in [6.07, 6.45) is 4.56. The number of anilines is 1. The molecule has 0 bridgehead atoms. The van der Waals surface area contributed by atoms with Gasteiger partial charge in [0.25, 0.3) is 5.91 Å². The highest BCUT2D eigenvalue weighted by Gasteiger charge is 2.34. The van der Waals surface area contributed by atoms with Gasteiger partial charge in [0.2, 0.25) is 5.91 Å². The van der Waals surface area contributed by atoms with Crippen molar-refractivity contribution in [2.45, 2.75) is 39.5 Å². The van der Waals surface area contributed by atoms with Crippen LogP contribution in [0.2, 0.25) is 0 Å². The van der Waals surface area contributed by atoms with Crippen LogP contribution in [0, 0.1) is 12.8 Å². The molecular weight excluding hydrogens is 322 g/mol. The number of rotatable bonds is 4. The van der Waals surface area contributed by atoms with Gasteiger partial charge in [-0.05, 0) is 20.3 Å². The van der Waals surface area contributed by atoms with Crippen LogP contribution in [-0.2, 0) is 4.79 Å². The number of aromatic nitrogens is 4. The number of aryl methyl sites for hydroxylation is 1. The van der Waals surface area contributed by atoms with E-state index in [2.05, 4.69) is 31.0 Å². The molecule has 1 fully saturated rings. The Morgan fingerprint density at radius 2 is 2.20 bits per heavy atom. The average Bonchev–Trinajstić information content (AvgIpc) is 2.95. The van der Waals surface area contributed by atoms with Crippen LogP contribution in [0.3, 0.4) is 0 Å². The van der Waals surface area contributed by atoms with Crippen molar-refractivity contribution in [3.63, 3.8) is 0 Å². The summed E-state index contributed by atoms with van der Waals surface area (Å²) in [4.78, 5) is 32.5. The minimum Gasteiger partial charge on any atom is -0.322 e. The molecule has 0 spiro atoms. The number of carbonyl (C=O) groups excluding carboxylic acids is 2. The summed E-state index contributed by atoms with van der Waals surface area (Å²) in [5, 5.41) is 13.4. The van der Waals surface area contributed by atoms with Crippen molar-refractivity contribution < 1.29 is 9.59 Å². The van der Waals surface area contributed by atoms with Crippen LogP contribution in [0.25, 0.3) is 0 Å². The lowest BCUT2D eigenvalue weighted by molar-refractivity contribution is -0.130. The quantitative estimate of drug-likeness (QED) is 0.757. The zero-order chi connectivity index (χ0) is 18.0. The zero-order valence-corrected chi connectivity index (χ0v) is 14.4. The number of hydrogen-bond acceptors (Lipinski definition) is 6. The highest BCUT2D eigenvalue weighted by atomic mass is 16.2. The van der Waals surface area contributed by atoms with Crippen LogP contribution >= 0.6 is 0 Å². The normalized spacial score (nSPS) is 23.2. The number of hydrogen-bond donors (Lipinski definition) is 3. The second-order valence-electron chi connectivity index (χ2n) is 6.04. The molecule has 3 N–H and O–H groups in total. The summed E-state index contributed by atoms with van der Waals surface area (Å²) in [7, 11) is 0. The van der Waals surface area contributed by atoms with E-state index in [-0.39, 0.29) is 23.6 Å². The van der Waals surface area contributed by atoms with Crippen LogP contribution in [0.1, 0.15) is 42.7 Å². The molecule has 132 valence electrons. The van der Waals surface area contributed by atoms with E-state index in [1.165, 1.54) is 18.6 Å². The predicted octanol–water partition coefficient (Wildman–Crippen LogP) is 0.824. The van der Waals surface area contributed by atoms with E-state index in [1.54, 1.807) is 10.7 Å². The third-order valence-electron chi connectivity index (χ3n) is 4.22. The van der Waals surface area contributed by atoms with Crippen molar-refractivity contribution in [2.24, 2.45) is 5.92 Å². The Balaban J connectivity index is 1.82. The molecular formula is C16H21N7O2. The van der Waals surface area contributed by atoms with Gasteiger partial charge in [-0.1, -0.05) is 6.92 Å². The van der Waals surface area contributed by atoms with Crippen LogP contribution in [0.15, 0.2) is 24.7 Å². The first-order valence-electron chi connectivity index (χ1n) is 8.19. The standard InChI is InChI=1S/C16H21N7O2/c1-4-11-10(3)19-16(21-14(11)24)23-13(7-9(2)22-23)20-15(25)12-8-17-5-6-18-12/h5-8,10-11,16,19H,4H2,1-3H3,(H,20,25)(H,21,24). The van der Waals surface area contributed by atoms with E-state index < -0.39 is 12.2 Å². The van der Waals surface area contributed by atoms with Gasteiger partial charge in [-0.25, -0.2) is 9.67 Å². The summed E-state index contributed by atoms with van der Waals surface area (Å²) in [5.41, 5.74) is 0.920. The van der Waals surface area contributed by atoms with Gasteiger partial charge in [0.05, 0.1) is 17.8 Å². The van der Waals surface area contributed by atoms with Crippen molar-refractivity contribution in [3.8, 4) is 0 Å². The molecule has 9 nitrogen and oxygen atoms in total. The van der Waals surface area contributed by atoms with E-state index in [4.69, 9.17) is 0 Å². The molecule has 2 aromatic rings. The largest absolute Gasteiger partial charge is 0.322 e. The van der Waals surface area contributed by atoms with Crippen LogP contribution in [0.5, 0.6) is 0 Å². The molecule has 9 heteroatoms. The van der Waals surface area contributed by atoms with E-state index in [0.717, 1.165) is 12.1 Å². The number of amides is 2. The summed E-state index contributed by atoms with van der Waals surface area (Å²) in [6.45, 7) is 5.76. The van der Waals surface area contributed by atoms with E-state index in [9.17, 15) is 9.59 Å². The molecule has 3 unspecified atom stereocenters. The Hall–Kier alpha value is -2.81. The lowest BCUT2D eigenvalue weighted by atomic mass is 9.95. The number of nitrogens with one attached hydrogen (secondary N) is 3. The highest BCUT2D eigenvalue weighted by molar-refractivity contribution is 6.02. The summed E-state index contributed by atoms with van der Waals surface area (Å²) in [6, 6.07) is 1.73. The first-order valence-corrected chi connectivity index (χ1v) is 8.19. The van der Waals surface area contributed by atoms with Crippen molar-refractivity contribution in [1.82, 2.24) is 30.4 Å². The molecule has 3 atom stereocenters. The minimum absolute atomic E-state index is 0.00297. The second-order valence-corrected chi connectivity index (χ2v) is 6.04. The summed E-state index contributed by atoms with van der Waals surface area (Å²) < 4.78 is 1.56. The van der Waals surface area contributed by atoms with Crippen molar-refractivity contribution in [2.75, 3.05) is 5.32 Å². The van der Waals surface area contributed by atoms with Gasteiger partial charge in [0.15, 0.2) is 6.29 Å². The fraction of sp³-hybridized carbons (Fsp3) is 0.438. The maximum Gasteiger partial charge on any atom is 0.277 e. The Morgan fingerprint density at radius 1 is 1.40 bits per heavy atom. The molecule has 1 saturated heterocycles. The van der Waals surface area contributed by atoms with E-state index in [0.29, 0.717) is 5.82 Å². The Bertz CT molecular complexity index is 774. The fourth-order valence-corrected chi connectivity index (χ4v) is 2.95. The van der Waals surface area contributed by atoms with Gasteiger partial charge in [0.1, 0.15) is 11.5 Å². The third kappa shape index (κ3) is 3.50. The smallest absolute Gasteiger partial charge is 0.277 e. The Kier molecular flexibility index (Phi) is 4.75. The Labute approximate surface area is 145 Å². The average molecular weight is 343 g/mol. The third-order valence-corrected chi connectivity index (χ3v) is 4.22. The second kappa shape index (κ2) is 6.98. The first kappa shape index (κ1) is 17.0. The van der Waals surface area contributed by atoms with Gasteiger partial charge < -0.3 is 10.6 Å².